The molecule has 0 aliphatic carbocycles. The van der Waals surface area contributed by atoms with Crippen molar-refractivity contribution in [2.45, 2.75) is 32.4 Å². The molecule has 0 saturated carbocycles. The summed E-state index contributed by atoms with van der Waals surface area (Å²) < 4.78 is 21.1. The molecule has 272 valence electrons. The molecule has 2 aliphatic heterocycles. The Balaban J connectivity index is 1.30. The standard InChI is InChI=1S/C43H38N4O6S/c1-4-53-42(50)37-38(28-15-6-5-7-16-28)44-43-47(39(37)31-19-12-22-34(51-2)40(31)52-3)41(49)35(54-43)24-29-25-45(33-21-11-9-18-30(29)33)26-36(48)46-23-13-17-27-14-8-10-20-32(27)46/h5-12,14-16,18-22,24-25,39H,4,13,17,23,26H2,1-3H3/b35-24+. The predicted molar refractivity (Wildman–Crippen MR) is 210 cm³/mol. The molecule has 11 heteroatoms. The van der Waals surface area contributed by atoms with Crippen molar-refractivity contribution in [1.82, 2.24) is 9.13 Å². The van der Waals surface area contributed by atoms with Gasteiger partial charge in [-0.25, -0.2) is 9.79 Å². The molecule has 4 aromatic carbocycles. The Morgan fingerprint density at radius 1 is 0.926 bits per heavy atom. The summed E-state index contributed by atoms with van der Waals surface area (Å²) in [4.78, 5) is 49.9. The molecule has 0 spiro atoms. The van der Waals surface area contributed by atoms with Gasteiger partial charge >= 0.3 is 5.97 Å². The number of nitrogens with zero attached hydrogens (tertiary/aromatic N) is 4. The quantitative estimate of drug-likeness (QED) is 0.172. The summed E-state index contributed by atoms with van der Waals surface area (Å²) in [5, 5.41) is 0.901. The van der Waals surface area contributed by atoms with E-state index in [2.05, 4.69) is 6.07 Å². The Bertz CT molecular complexity index is 2640. The van der Waals surface area contributed by atoms with Crippen LogP contribution < -0.4 is 29.3 Å². The minimum Gasteiger partial charge on any atom is -0.493 e. The van der Waals surface area contributed by atoms with E-state index in [1.165, 1.54) is 24.0 Å². The summed E-state index contributed by atoms with van der Waals surface area (Å²) in [6.07, 6.45) is 5.64. The third kappa shape index (κ3) is 6.10. The number of hydrogen-bond acceptors (Lipinski definition) is 8. The maximum absolute atomic E-state index is 14.7. The fourth-order valence-electron chi connectivity index (χ4n) is 7.55. The van der Waals surface area contributed by atoms with Crippen LogP contribution in [0.15, 0.2) is 119 Å². The lowest BCUT2D eigenvalue weighted by Crippen LogP contribution is -2.40. The number of ether oxygens (including phenoxy) is 3. The van der Waals surface area contributed by atoms with E-state index in [1.807, 2.05) is 101 Å². The Labute approximate surface area is 315 Å². The molecule has 4 heterocycles. The van der Waals surface area contributed by atoms with Crippen LogP contribution in [0.2, 0.25) is 0 Å². The van der Waals surface area contributed by atoms with E-state index in [9.17, 15) is 14.4 Å². The number of rotatable bonds is 9. The second kappa shape index (κ2) is 14.7. The van der Waals surface area contributed by atoms with E-state index in [4.69, 9.17) is 19.2 Å². The SMILES string of the molecule is CCOC(=O)C1=C(c2ccccc2)N=c2s/c(=C/c3cn(CC(=O)N4CCCc5ccccc54)c4ccccc34)c(=O)n2C1c1cccc(OC)c1OC. The van der Waals surface area contributed by atoms with Gasteiger partial charge in [0.05, 0.1) is 36.6 Å². The number of hydrogen-bond donors (Lipinski definition) is 0. The number of aryl methyl sites for hydroxylation is 1. The van der Waals surface area contributed by atoms with E-state index in [1.54, 1.807) is 30.7 Å². The van der Waals surface area contributed by atoms with E-state index < -0.39 is 12.0 Å². The molecule has 10 nitrogen and oxygen atoms in total. The number of benzene rings is 4. The van der Waals surface area contributed by atoms with Crippen molar-refractivity contribution in [1.29, 1.82) is 0 Å². The Hall–Kier alpha value is -6.20. The minimum absolute atomic E-state index is 0.000925. The highest BCUT2D eigenvalue weighted by atomic mass is 32.1. The second-order valence-corrected chi connectivity index (χ2v) is 14.0. The highest BCUT2D eigenvalue weighted by Crippen LogP contribution is 2.42. The lowest BCUT2D eigenvalue weighted by atomic mass is 9.92. The third-order valence-electron chi connectivity index (χ3n) is 9.92. The van der Waals surface area contributed by atoms with Gasteiger partial charge in [-0.2, -0.15) is 0 Å². The van der Waals surface area contributed by atoms with Crippen molar-refractivity contribution in [2.75, 3.05) is 32.3 Å². The minimum atomic E-state index is -0.950. The Morgan fingerprint density at radius 2 is 1.70 bits per heavy atom. The average Bonchev–Trinajstić information content (AvgIpc) is 3.72. The Kier molecular flexibility index (Phi) is 9.47. The van der Waals surface area contributed by atoms with Crippen molar-refractivity contribution in [3.05, 3.63) is 151 Å². The zero-order chi connectivity index (χ0) is 37.3. The first kappa shape index (κ1) is 34.9. The molecule has 0 saturated heterocycles. The largest absolute Gasteiger partial charge is 0.493 e. The van der Waals surface area contributed by atoms with E-state index in [0.29, 0.717) is 44.2 Å². The molecule has 1 amide bonds. The second-order valence-electron chi connectivity index (χ2n) is 13.0. The van der Waals surface area contributed by atoms with Gasteiger partial charge in [0.2, 0.25) is 5.91 Å². The van der Waals surface area contributed by atoms with E-state index >= 15 is 0 Å². The number of fused-ring (bicyclic) bond motifs is 3. The van der Waals surface area contributed by atoms with E-state index in [-0.39, 0.29) is 30.2 Å². The molecule has 2 aromatic heterocycles. The van der Waals surface area contributed by atoms with Crippen molar-refractivity contribution in [2.24, 2.45) is 4.99 Å². The molecule has 2 aliphatic rings. The van der Waals surface area contributed by atoms with Crippen LogP contribution in [-0.2, 0) is 27.3 Å². The van der Waals surface area contributed by atoms with Crippen LogP contribution in [0.5, 0.6) is 11.5 Å². The summed E-state index contributed by atoms with van der Waals surface area (Å²) >= 11 is 1.24. The van der Waals surface area contributed by atoms with Gasteiger partial charge in [-0.05, 0) is 49.6 Å². The molecular weight excluding hydrogens is 701 g/mol. The molecule has 0 radical (unpaired) electrons. The first-order valence-corrected chi connectivity index (χ1v) is 18.7. The number of esters is 1. The highest BCUT2D eigenvalue weighted by molar-refractivity contribution is 7.07. The number of carbonyl (C=O) groups is 2. The van der Waals surface area contributed by atoms with Crippen LogP contribution in [0, 0.1) is 0 Å². The summed E-state index contributed by atoms with van der Waals surface area (Å²) in [6, 6.07) is 29.8. The molecule has 1 atom stereocenters. The van der Waals surface area contributed by atoms with Gasteiger partial charge in [-0.1, -0.05) is 90.2 Å². The molecule has 8 rings (SSSR count). The number of aromatic nitrogens is 2. The fraction of sp³-hybridized carbons (Fsp3) is 0.209. The predicted octanol–water partition coefficient (Wildman–Crippen LogP) is 5.89. The summed E-state index contributed by atoms with van der Waals surface area (Å²) in [5.74, 6) is 0.253. The number of methoxy groups -OCH3 is 2. The third-order valence-corrected chi connectivity index (χ3v) is 10.9. The number of amides is 1. The number of anilines is 1. The van der Waals surface area contributed by atoms with E-state index in [0.717, 1.165) is 35.0 Å². The number of thiazole rings is 1. The van der Waals surface area contributed by atoms with Crippen LogP contribution in [0.25, 0.3) is 22.7 Å². The molecular formula is C43H38N4O6S. The van der Waals surface area contributed by atoms with Crippen molar-refractivity contribution in [3.63, 3.8) is 0 Å². The van der Waals surface area contributed by atoms with Gasteiger partial charge in [0.15, 0.2) is 16.3 Å². The van der Waals surface area contributed by atoms with Gasteiger partial charge in [-0.3, -0.25) is 14.2 Å². The average molecular weight is 739 g/mol. The van der Waals surface area contributed by atoms with Crippen LogP contribution >= 0.6 is 11.3 Å². The van der Waals surface area contributed by atoms with Gasteiger partial charge in [0.1, 0.15) is 12.6 Å². The van der Waals surface area contributed by atoms with Crippen molar-refractivity contribution in [3.8, 4) is 11.5 Å². The van der Waals surface area contributed by atoms with Gasteiger partial charge in [0, 0.05) is 46.0 Å². The topological polar surface area (TPSA) is 104 Å². The molecule has 54 heavy (non-hydrogen) atoms. The normalized spacial score (nSPS) is 15.4. The fourth-order valence-corrected chi connectivity index (χ4v) is 8.54. The van der Waals surface area contributed by atoms with Gasteiger partial charge in [0.25, 0.3) is 5.56 Å². The van der Waals surface area contributed by atoms with Crippen LogP contribution in [0.4, 0.5) is 5.69 Å². The lowest BCUT2D eigenvalue weighted by Gasteiger charge is -2.29. The zero-order valence-corrected chi connectivity index (χ0v) is 31.0. The van der Waals surface area contributed by atoms with Crippen molar-refractivity contribution < 1.29 is 23.8 Å². The van der Waals surface area contributed by atoms with Crippen molar-refractivity contribution >= 4 is 51.6 Å². The molecule has 0 bridgehead atoms. The molecule has 0 fully saturated rings. The Morgan fingerprint density at radius 3 is 2.50 bits per heavy atom. The molecule has 1 unspecified atom stereocenters. The van der Waals surface area contributed by atoms with Crippen LogP contribution in [0.1, 0.15) is 41.6 Å². The lowest BCUT2D eigenvalue weighted by molar-refractivity contribution is -0.138. The molecule has 6 aromatic rings. The zero-order valence-electron chi connectivity index (χ0n) is 30.2. The molecule has 0 N–H and O–H groups in total. The maximum atomic E-state index is 14.7. The number of para-hydroxylation sites is 3. The van der Waals surface area contributed by atoms with Gasteiger partial charge in [-0.15, -0.1) is 0 Å². The first-order chi connectivity index (χ1) is 26.4. The highest BCUT2D eigenvalue weighted by Gasteiger charge is 2.37. The van der Waals surface area contributed by atoms with Gasteiger partial charge < -0.3 is 23.7 Å². The number of carbonyl (C=O) groups excluding carboxylic acids is 2. The summed E-state index contributed by atoms with van der Waals surface area (Å²) in [7, 11) is 3.07. The maximum Gasteiger partial charge on any atom is 0.338 e. The van der Waals surface area contributed by atoms with Crippen LogP contribution in [0.3, 0.4) is 0 Å². The summed E-state index contributed by atoms with van der Waals surface area (Å²) in [6.45, 7) is 2.68. The monoisotopic (exact) mass is 738 g/mol. The van der Waals surface area contributed by atoms with Crippen LogP contribution in [-0.4, -0.2) is 48.4 Å². The first-order valence-electron chi connectivity index (χ1n) is 17.9. The smallest absolute Gasteiger partial charge is 0.338 e. The summed E-state index contributed by atoms with van der Waals surface area (Å²) in [5.41, 5.74) is 5.34.